The highest BCUT2D eigenvalue weighted by atomic mass is 32.2. The Hall–Kier alpha value is -2.14. The molecule has 5 heteroatoms. The molecule has 2 aromatic carbocycles. The first-order valence-electron chi connectivity index (χ1n) is 8.14. The molecule has 1 fully saturated rings. The van der Waals surface area contributed by atoms with E-state index >= 15 is 0 Å². The fraction of sp³-hybridized carbons (Fsp3) is 0.316. The maximum absolute atomic E-state index is 12.3. The summed E-state index contributed by atoms with van der Waals surface area (Å²) in [5, 5.41) is 2.95. The van der Waals surface area contributed by atoms with Crippen molar-refractivity contribution in [2.75, 3.05) is 16.8 Å². The van der Waals surface area contributed by atoms with Gasteiger partial charge < -0.3 is 5.32 Å². The number of carbonyl (C=O) groups excluding carboxylic acids is 1. The number of rotatable bonds is 5. The predicted octanol–water partition coefficient (Wildman–Crippen LogP) is 3.04. The molecule has 1 N–H and O–H groups in total. The Labute approximate surface area is 142 Å². The molecule has 3 rings (SSSR count). The fourth-order valence-electron chi connectivity index (χ4n) is 3.11. The summed E-state index contributed by atoms with van der Waals surface area (Å²) in [6.07, 6.45) is 1.59. The van der Waals surface area contributed by atoms with Crippen LogP contribution in [0.2, 0.25) is 0 Å². The van der Waals surface area contributed by atoms with Gasteiger partial charge in [-0.1, -0.05) is 48.5 Å². The van der Waals surface area contributed by atoms with Gasteiger partial charge in [0.25, 0.3) is 0 Å². The van der Waals surface area contributed by atoms with E-state index in [1.807, 2.05) is 42.5 Å². The molecule has 0 bridgehead atoms. The molecule has 0 radical (unpaired) electrons. The monoisotopic (exact) mass is 343 g/mol. The van der Waals surface area contributed by atoms with Gasteiger partial charge in [-0.2, -0.15) is 0 Å². The molecule has 1 unspecified atom stereocenters. The second-order valence-corrected chi connectivity index (χ2v) is 8.57. The van der Waals surface area contributed by atoms with Crippen LogP contribution in [0.5, 0.6) is 0 Å². The highest BCUT2D eigenvalue weighted by molar-refractivity contribution is 7.91. The van der Waals surface area contributed by atoms with E-state index in [1.165, 1.54) is 5.56 Å². The van der Waals surface area contributed by atoms with Gasteiger partial charge in [0, 0.05) is 12.1 Å². The Balaban J connectivity index is 1.66. The molecule has 1 aliphatic rings. The molecule has 1 saturated heterocycles. The number of nitrogens with one attached hydrogen (secondary N) is 1. The van der Waals surface area contributed by atoms with Crippen molar-refractivity contribution in [3.63, 3.8) is 0 Å². The highest BCUT2D eigenvalue weighted by Crippen LogP contribution is 2.24. The number of benzene rings is 2. The van der Waals surface area contributed by atoms with Crippen molar-refractivity contribution in [3.05, 3.63) is 65.7 Å². The second kappa shape index (κ2) is 7.18. The molecule has 0 saturated carbocycles. The van der Waals surface area contributed by atoms with Crippen molar-refractivity contribution in [3.8, 4) is 0 Å². The molecule has 1 atom stereocenters. The van der Waals surface area contributed by atoms with Crippen LogP contribution in [0.25, 0.3) is 0 Å². The first-order valence-corrected chi connectivity index (χ1v) is 9.96. The summed E-state index contributed by atoms with van der Waals surface area (Å²) < 4.78 is 23.0. The van der Waals surface area contributed by atoms with Crippen LogP contribution >= 0.6 is 0 Å². The molecule has 1 aliphatic heterocycles. The van der Waals surface area contributed by atoms with Crippen molar-refractivity contribution in [1.29, 1.82) is 0 Å². The highest BCUT2D eigenvalue weighted by Gasteiger charge is 2.29. The third-order valence-electron chi connectivity index (χ3n) is 4.33. The van der Waals surface area contributed by atoms with Crippen LogP contribution in [-0.2, 0) is 21.1 Å². The molecule has 126 valence electrons. The minimum absolute atomic E-state index is 0.0590. The zero-order valence-corrected chi connectivity index (χ0v) is 14.3. The lowest BCUT2D eigenvalue weighted by Crippen LogP contribution is -2.18. The van der Waals surface area contributed by atoms with Crippen molar-refractivity contribution in [1.82, 2.24) is 0 Å². The lowest BCUT2D eigenvalue weighted by Gasteiger charge is -2.13. The number of hydrogen-bond acceptors (Lipinski definition) is 3. The van der Waals surface area contributed by atoms with Gasteiger partial charge in [0.2, 0.25) is 5.91 Å². The topological polar surface area (TPSA) is 63.2 Å². The Morgan fingerprint density at radius 2 is 1.75 bits per heavy atom. The Morgan fingerprint density at radius 3 is 2.46 bits per heavy atom. The molecular weight excluding hydrogens is 322 g/mol. The van der Waals surface area contributed by atoms with Gasteiger partial charge in [0.1, 0.15) is 0 Å². The first-order chi connectivity index (χ1) is 11.5. The average Bonchev–Trinajstić information content (AvgIpc) is 2.89. The van der Waals surface area contributed by atoms with Gasteiger partial charge in [-0.25, -0.2) is 8.42 Å². The van der Waals surface area contributed by atoms with E-state index in [-0.39, 0.29) is 29.8 Å². The maximum atomic E-state index is 12.3. The van der Waals surface area contributed by atoms with E-state index in [4.69, 9.17) is 0 Å². The van der Waals surface area contributed by atoms with Crippen molar-refractivity contribution in [2.24, 2.45) is 5.92 Å². The largest absolute Gasteiger partial charge is 0.326 e. The molecule has 0 aliphatic carbocycles. The Bertz CT molecular complexity index is 816. The molecule has 1 amide bonds. The van der Waals surface area contributed by atoms with Gasteiger partial charge in [-0.15, -0.1) is 0 Å². The first kappa shape index (κ1) is 16.7. The fourth-order valence-corrected chi connectivity index (χ4v) is 4.97. The normalized spacial score (nSPS) is 19.1. The standard InChI is InChI=1S/C19H21NO3S/c21-19(13-16-10-11-24(22,23)14-16)20-18-9-5-4-8-17(18)12-15-6-2-1-3-7-15/h1-9,16H,10-14H2,(H,20,21). The molecule has 0 spiro atoms. The molecule has 1 heterocycles. The SMILES string of the molecule is O=C(CC1CCS(=O)(=O)C1)Nc1ccccc1Cc1ccccc1. The minimum atomic E-state index is -2.94. The summed E-state index contributed by atoms with van der Waals surface area (Å²) in [6, 6.07) is 17.8. The molecule has 0 aromatic heterocycles. The van der Waals surface area contributed by atoms with Crippen LogP contribution in [0, 0.1) is 5.92 Å². The van der Waals surface area contributed by atoms with E-state index in [1.54, 1.807) is 0 Å². The van der Waals surface area contributed by atoms with Crippen LogP contribution < -0.4 is 5.32 Å². The summed E-state index contributed by atoms with van der Waals surface area (Å²) in [7, 11) is -2.94. The summed E-state index contributed by atoms with van der Waals surface area (Å²) >= 11 is 0. The number of sulfone groups is 1. The molecule has 4 nitrogen and oxygen atoms in total. The lowest BCUT2D eigenvalue weighted by molar-refractivity contribution is -0.116. The Morgan fingerprint density at radius 1 is 1.04 bits per heavy atom. The van der Waals surface area contributed by atoms with Crippen LogP contribution in [0.15, 0.2) is 54.6 Å². The van der Waals surface area contributed by atoms with E-state index in [0.29, 0.717) is 6.42 Å². The third kappa shape index (κ3) is 4.45. The molecular formula is C19H21NO3S. The van der Waals surface area contributed by atoms with E-state index in [9.17, 15) is 13.2 Å². The van der Waals surface area contributed by atoms with E-state index in [2.05, 4.69) is 17.4 Å². The van der Waals surface area contributed by atoms with Gasteiger partial charge >= 0.3 is 0 Å². The number of carbonyl (C=O) groups is 1. The number of para-hydroxylation sites is 1. The van der Waals surface area contributed by atoms with Gasteiger partial charge in [-0.05, 0) is 36.0 Å². The Kier molecular flexibility index (Phi) is 5.00. The molecule has 24 heavy (non-hydrogen) atoms. The van der Waals surface area contributed by atoms with Crippen LogP contribution in [0.4, 0.5) is 5.69 Å². The number of anilines is 1. The average molecular weight is 343 g/mol. The summed E-state index contributed by atoms with van der Waals surface area (Å²) in [5.41, 5.74) is 3.03. The van der Waals surface area contributed by atoms with Crippen molar-refractivity contribution >= 4 is 21.4 Å². The van der Waals surface area contributed by atoms with Crippen LogP contribution in [0.1, 0.15) is 24.0 Å². The third-order valence-corrected chi connectivity index (χ3v) is 6.17. The van der Waals surface area contributed by atoms with Gasteiger partial charge in [-0.3, -0.25) is 4.79 Å². The van der Waals surface area contributed by atoms with Crippen molar-refractivity contribution < 1.29 is 13.2 Å². The predicted molar refractivity (Wildman–Crippen MR) is 95.7 cm³/mol. The summed E-state index contributed by atoms with van der Waals surface area (Å²) in [4.78, 5) is 12.3. The van der Waals surface area contributed by atoms with E-state index in [0.717, 1.165) is 17.7 Å². The second-order valence-electron chi connectivity index (χ2n) is 6.34. The molecule has 2 aromatic rings. The van der Waals surface area contributed by atoms with Gasteiger partial charge in [0.05, 0.1) is 11.5 Å². The number of amides is 1. The zero-order valence-electron chi connectivity index (χ0n) is 13.4. The number of hydrogen-bond donors (Lipinski definition) is 1. The van der Waals surface area contributed by atoms with Crippen LogP contribution in [-0.4, -0.2) is 25.8 Å². The van der Waals surface area contributed by atoms with Crippen molar-refractivity contribution in [2.45, 2.75) is 19.3 Å². The van der Waals surface area contributed by atoms with Gasteiger partial charge in [0.15, 0.2) is 9.84 Å². The maximum Gasteiger partial charge on any atom is 0.224 e. The summed E-state index contributed by atoms with van der Waals surface area (Å²) in [6.45, 7) is 0. The van der Waals surface area contributed by atoms with Crippen LogP contribution in [0.3, 0.4) is 0 Å². The zero-order chi connectivity index (χ0) is 17.0. The smallest absolute Gasteiger partial charge is 0.224 e. The lowest BCUT2D eigenvalue weighted by atomic mass is 10.0. The van der Waals surface area contributed by atoms with E-state index < -0.39 is 9.84 Å². The summed E-state index contributed by atoms with van der Waals surface area (Å²) in [5.74, 6) is 0.163. The minimum Gasteiger partial charge on any atom is -0.326 e. The quantitative estimate of drug-likeness (QED) is 0.907.